The van der Waals surface area contributed by atoms with E-state index in [2.05, 4.69) is 21.6 Å². The smallest absolute Gasteiger partial charge is 0.317 e. The van der Waals surface area contributed by atoms with Crippen LogP contribution in [0.25, 0.3) is 0 Å². The van der Waals surface area contributed by atoms with Crippen LogP contribution in [0.1, 0.15) is 67.3 Å². The van der Waals surface area contributed by atoms with Crippen molar-refractivity contribution in [1.82, 2.24) is 20.4 Å². The first-order chi connectivity index (χ1) is 14.2. The van der Waals surface area contributed by atoms with Gasteiger partial charge in [0, 0.05) is 44.2 Å². The Hall–Kier alpha value is -2.08. The van der Waals surface area contributed by atoms with Crippen molar-refractivity contribution in [2.75, 3.05) is 45.8 Å². The van der Waals surface area contributed by atoms with E-state index in [1.54, 1.807) is 0 Å². The van der Waals surface area contributed by atoms with Crippen LogP contribution < -0.4 is 10.6 Å². The van der Waals surface area contributed by atoms with Gasteiger partial charge in [-0.25, -0.2) is 4.79 Å². The molecule has 160 valence electrons. The summed E-state index contributed by atoms with van der Waals surface area (Å²) < 4.78 is 0. The fourth-order valence-corrected chi connectivity index (χ4v) is 4.42. The van der Waals surface area contributed by atoms with Gasteiger partial charge in [0.25, 0.3) is 5.91 Å². The minimum Gasteiger partial charge on any atom is -0.351 e. The van der Waals surface area contributed by atoms with Crippen molar-refractivity contribution in [3.8, 4) is 0 Å². The highest BCUT2D eigenvalue weighted by Gasteiger charge is 2.25. The van der Waals surface area contributed by atoms with Gasteiger partial charge in [0.05, 0.1) is 0 Å². The van der Waals surface area contributed by atoms with Crippen molar-refractivity contribution < 1.29 is 9.59 Å². The van der Waals surface area contributed by atoms with E-state index in [-0.39, 0.29) is 17.9 Å². The Morgan fingerprint density at radius 2 is 1.83 bits per heavy atom. The number of likely N-dealkylation sites (tertiary alicyclic amines) is 2. The normalized spacial score (nSPS) is 20.7. The SMILES string of the molecule is CCNC(=O)N1CCC[C@@H](c2cccc(C(=O)NCCN3CCCCCC3)c2)C1. The molecule has 0 aromatic heterocycles. The van der Waals surface area contributed by atoms with E-state index in [0.717, 1.165) is 44.6 Å². The first-order valence-electron chi connectivity index (χ1n) is 11.3. The standard InChI is InChI=1S/C23H36N4O2/c1-2-24-23(29)27-15-8-11-21(18-27)19-9-7-10-20(17-19)22(28)25-12-16-26-13-5-3-4-6-14-26/h7,9-10,17,21H,2-6,8,11-16,18H2,1H3,(H,24,29)(H,25,28)/t21-/m1/s1. The summed E-state index contributed by atoms with van der Waals surface area (Å²) in [4.78, 5) is 29.2. The number of nitrogens with zero attached hydrogens (tertiary/aromatic N) is 2. The Morgan fingerprint density at radius 3 is 2.59 bits per heavy atom. The summed E-state index contributed by atoms with van der Waals surface area (Å²) in [6.45, 7) is 8.02. The maximum Gasteiger partial charge on any atom is 0.317 e. The summed E-state index contributed by atoms with van der Waals surface area (Å²) in [5.41, 5.74) is 1.87. The third-order valence-corrected chi connectivity index (χ3v) is 6.07. The molecule has 0 unspecified atom stereocenters. The monoisotopic (exact) mass is 400 g/mol. The fraction of sp³-hybridized carbons (Fsp3) is 0.652. The zero-order valence-corrected chi connectivity index (χ0v) is 17.8. The lowest BCUT2D eigenvalue weighted by Gasteiger charge is -2.33. The highest BCUT2D eigenvalue weighted by molar-refractivity contribution is 5.94. The zero-order chi connectivity index (χ0) is 20.5. The molecule has 29 heavy (non-hydrogen) atoms. The largest absolute Gasteiger partial charge is 0.351 e. The summed E-state index contributed by atoms with van der Waals surface area (Å²) in [7, 11) is 0. The molecule has 2 saturated heterocycles. The van der Waals surface area contributed by atoms with E-state index in [1.807, 2.05) is 30.0 Å². The minimum absolute atomic E-state index is 0.00179. The summed E-state index contributed by atoms with van der Waals surface area (Å²) >= 11 is 0. The molecule has 2 heterocycles. The predicted octanol–water partition coefficient (Wildman–Crippen LogP) is 3.20. The van der Waals surface area contributed by atoms with E-state index < -0.39 is 0 Å². The Balaban J connectivity index is 1.52. The number of carbonyl (C=O) groups is 2. The number of piperidine rings is 1. The number of nitrogens with one attached hydrogen (secondary N) is 2. The summed E-state index contributed by atoms with van der Waals surface area (Å²) in [6, 6.07) is 7.95. The van der Waals surface area contributed by atoms with Crippen LogP contribution in [0.4, 0.5) is 4.79 Å². The molecule has 1 aromatic rings. The molecule has 0 aliphatic carbocycles. The zero-order valence-electron chi connectivity index (χ0n) is 17.8. The van der Waals surface area contributed by atoms with Crippen LogP contribution in [-0.4, -0.2) is 67.6 Å². The molecule has 6 nitrogen and oxygen atoms in total. The van der Waals surface area contributed by atoms with Crippen LogP contribution in [0.5, 0.6) is 0 Å². The first-order valence-corrected chi connectivity index (χ1v) is 11.3. The molecule has 1 aromatic carbocycles. The number of rotatable bonds is 6. The lowest BCUT2D eigenvalue weighted by Crippen LogP contribution is -2.44. The van der Waals surface area contributed by atoms with Gasteiger partial charge in [-0.05, 0) is 63.4 Å². The average Bonchev–Trinajstić information content (AvgIpc) is 3.03. The van der Waals surface area contributed by atoms with E-state index >= 15 is 0 Å². The summed E-state index contributed by atoms with van der Waals surface area (Å²) in [5.74, 6) is 0.286. The molecule has 3 rings (SSSR count). The second kappa shape index (κ2) is 11.2. The summed E-state index contributed by atoms with van der Waals surface area (Å²) in [5, 5.41) is 5.98. The molecule has 2 N–H and O–H groups in total. The van der Waals surface area contributed by atoms with Gasteiger partial charge in [0.2, 0.25) is 0 Å². The molecule has 0 spiro atoms. The maximum atomic E-state index is 12.6. The molecule has 1 atom stereocenters. The predicted molar refractivity (Wildman–Crippen MR) is 116 cm³/mol. The lowest BCUT2D eigenvalue weighted by atomic mass is 9.89. The molecule has 2 aliphatic rings. The van der Waals surface area contributed by atoms with Gasteiger partial charge in [0.1, 0.15) is 0 Å². The Labute approximate surface area is 175 Å². The number of hydrogen-bond donors (Lipinski definition) is 2. The third kappa shape index (κ3) is 6.46. The molecule has 0 saturated carbocycles. The second-order valence-corrected chi connectivity index (χ2v) is 8.26. The van der Waals surface area contributed by atoms with E-state index in [4.69, 9.17) is 0 Å². The van der Waals surface area contributed by atoms with Crippen molar-refractivity contribution in [2.45, 2.75) is 51.4 Å². The molecule has 3 amide bonds. The molecule has 6 heteroatoms. The lowest BCUT2D eigenvalue weighted by molar-refractivity contribution is 0.0948. The van der Waals surface area contributed by atoms with Gasteiger partial charge in [-0.1, -0.05) is 25.0 Å². The van der Waals surface area contributed by atoms with Gasteiger partial charge in [-0.3, -0.25) is 4.79 Å². The molecule has 2 fully saturated rings. The molecular formula is C23H36N4O2. The van der Waals surface area contributed by atoms with E-state index in [0.29, 0.717) is 25.2 Å². The van der Waals surface area contributed by atoms with Crippen LogP contribution in [0.15, 0.2) is 24.3 Å². The van der Waals surface area contributed by atoms with Crippen LogP contribution in [0.2, 0.25) is 0 Å². The third-order valence-electron chi connectivity index (χ3n) is 6.07. The van der Waals surface area contributed by atoms with Gasteiger partial charge in [0.15, 0.2) is 0 Å². The average molecular weight is 401 g/mol. The molecule has 0 bridgehead atoms. The van der Waals surface area contributed by atoms with Crippen molar-refractivity contribution in [3.05, 3.63) is 35.4 Å². The van der Waals surface area contributed by atoms with Crippen molar-refractivity contribution in [2.24, 2.45) is 0 Å². The van der Waals surface area contributed by atoms with Crippen LogP contribution in [0, 0.1) is 0 Å². The molecule has 0 radical (unpaired) electrons. The van der Waals surface area contributed by atoms with Gasteiger partial charge in [-0.15, -0.1) is 0 Å². The molecule has 2 aliphatic heterocycles. The second-order valence-electron chi connectivity index (χ2n) is 8.26. The highest BCUT2D eigenvalue weighted by atomic mass is 16.2. The number of benzene rings is 1. The first kappa shape index (κ1) is 21.6. The number of hydrogen-bond acceptors (Lipinski definition) is 3. The van der Waals surface area contributed by atoms with Gasteiger partial charge in [-0.2, -0.15) is 0 Å². The fourth-order valence-electron chi connectivity index (χ4n) is 4.42. The van der Waals surface area contributed by atoms with Crippen LogP contribution in [-0.2, 0) is 0 Å². The van der Waals surface area contributed by atoms with Crippen LogP contribution >= 0.6 is 0 Å². The number of amides is 3. The van der Waals surface area contributed by atoms with E-state index in [1.165, 1.54) is 25.7 Å². The summed E-state index contributed by atoms with van der Waals surface area (Å²) in [6.07, 6.45) is 7.24. The Bertz CT molecular complexity index is 671. The Morgan fingerprint density at radius 1 is 1.03 bits per heavy atom. The van der Waals surface area contributed by atoms with Gasteiger partial charge >= 0.3 is 6.03 Å². The van der Waals surface area contributed by atoms with Gasteiger partial charge < -0.3 is 20.4 Å². The molecular weight excluding hydrogens is 364 g/mol. The van der Waals surface area contributed by atoms with Crippen molar-refractivity contribution >= 4 is 11.9 Å². The van der Waals surface area contributed by atoms with E-state index in [9.17, 15) is 9.59 Å². The highest BCUT2D eigenvalue weighted by Crippen LogP contribution is 2.27. The minimum atomic E-state index is -0.00179. The quantitative estimate of drug-likeness (QED) is 0.771. The topological polar surface area (TPSA) is 64.7 Å². The maximum absolute atomic E-state index is 12.6. The van der Waals surface area contributed by atoms with Crippen LogP contribution in [0.3, 0.4) is 0 Å². The Kier molecular flexibility index (Phi) is 8.35. The van der Waals surface area contributed by atoms with Crippen molar-refractivity contribution in [1.29, 1.82) is 0 Å². The number of urea groups is 1. The van der Waals surface area contributed by atoms with Crippen molar-refractivity contribution in [3.63, 3.8) is 0 Å². The number of carbonyl (C=O) groups excluding carboxylic acids is 2.